The van der Waals surface area contributed by atoms with Crippen LogP contribution in [-0.2, 0) is 24.1 Å². The second kappa shape index (κ2) is 11.7. The van der Waals surface area contributed by atoms with E-state index in [1.165, 1.54) is 30.4 Å². The molecular formula is C32H34ClNO2. The van der Waals surface area contributed by atoms with Crippen molar-refractivity contribution in [3.05, 3.63) is 93.5 Å². The second-order valence-electron chi connectivity index (χ2n) is 9.49. The van der Waals surface area contributed by atoms with Gasteiger partial charge in [0.25, 0.3) is 0 Å². The number of phenols is 1. The van der Waals surface area contributed by atoms with Crippen molar-refractivity contribution in [2.45, 2.75) is 65.7 Å². The third-order valence-electron chi connectivity index (χ3n) is 6.86. The van der Waals surface area contributed by atoms with E-state index in [9.17, 15) is 9.90 Å². The van der Waals surface area contributed by atoms with E-state index in [-0.39, 0.29) is 11.5 Å². The summed E-state index contributed by atoms with van der Waals surface area (Å²) in [4.78, 5) is 17.7. The number of aryl methyl sites for hydroxylation is 3. The minimum absolute atomic E-state index is 0.0177. The van der Waals surface area contributed by atoms with Crippen molar-refractivity contribution in [3.63, 3.8) is 0 Å². The first kappa shape index (κ1) is 25.9. The monoisotopic (exact) mass is 499 g/mol. The molecular weight excluding hydrogens is 466 g/mol. The number of carbonyl (C=O) groups excluding carboxylic acids is 1. The number of halogens is 1. The lowest BCUT2D eigenvalue weighted by atomic mass is 9.92. The number of fused-ring (bicyclic) bond motifs is 1. The van der Waals surface area contributed by atoms with Gasteiger partial charge in [0.1, 0.15) is 5.75 Å². The third-order valence-corrected chi connectivity index (χ3v) is 7.15. The topological polar surface area (TPSA) is 49.7 Å². The molecule has 3 aromatic rings. The van der Waals surface area contributed by atoms with Gasteiger partial charge in [0.05, 0.1) is 16.4 Å². The fourth-order valence-electron chi connectivity index (χ4n) is 4.78. The van der Waals surface area contributed by atoms with E-state index < -0.39 is 0 Å². The van der Waals surface area contributed by atoms with Crippen LogP contribution in [0.15, 0.2) is 71.2 Å². The SMILES string of the molecule is CCCCCc1ccc(N=C2C(C(C)=O)=CCCc3ccc(-c4cc(Cl)c(O)c(CC)c4)cc32)cc1. The summed E-state index contributed by atoms with van der Waals surface area (Å²) in [6.45, 7) is 5.82. The summed E-state index contributed by atoms with van der Waals surface area (Å²) in [5, 5.41) is 10.6. The van der Waals surface area contributed by atoms with Gasteiger partial charge in [-0.2, -0.15) is 0 Å². The molecule has 1 aliphatic rings. The fraction of sp³-hybridized carbons (Fsp3) is 0.312. The van der Waals surface area contributed by atoms with E-state index >= 15 is 0 Å². The molecule has 0 fully saturated rings. The normalized spacial score (nSPS) is 14.3. The van der Waals surface area contributed by atoms with Crippen LogP contribution in [0.1, 0.15) is 68.7 Å². The fourth-order valence-corrected chi connectivity index (χ4v) is 5.02. The van der Waals surface area contributed by atoms with Crippen LogP contribution in [0.3, 0.4) is 0 Å². The van der Waals surface area contributed by atoms with Crippen LogP contribution in [0.4, 0.5) is 5.69 Å². The van der Waals surface area contributed by atoms with Crippen molar-refractivity contribution in [2.75, 3.05) is 0 Å². The summed E-state index contributed by atoms with van der Waals surface area (Å²) in [7, 11) is 0. The average Bonchev–Trinajstić information content (AvgIpc) is 3.06. The van der Waals surface area contributed by atoms with Crippen LogP contribution < -0.4 is 0 Å². The first-order valence-corrected chi connectivity index (χ1v) is 13.3. The van der Waals surface area contributed by atoms with Gasteiger partial charge in [0.2, 0.25) is 0 Å². The Morgan fingerprint density at radius 1 is 1.00 bits per heavy atom. The molecule has 186 valence electrons. The van der Waals surface area contributed by atoms with Gasteiger partial charge in [-0.1, -0.05) is 68.6 Å². The number of phenolic OH excluding ortho intramolecular Hbond substituents is 1. The Kier molecular flexibility index (Phi) is 8.43. The number of rotatable bonds is 8. The Balaban J connectivity index is 1.79. The van der Waals surface area contributed by atoms with Gasteiger partial charge in [-0.15, -0.1) is 0 Å². The summed E-state index contributed by atoms with van der Waals surface area (Å²) in [6, 6.07) is 18.5. The number of benzene rings is 3. The molecule has 4 heteroatoms. The summed E-state index contributed by atoms with van der Waals surface area (Å²) in [6.07, 6.45) is 9.06. The first-order chi connectivity index (χ1) is 17.4. The highest BCUT2D eigenvalue weighted by atomic mass is 35.5. The number of Topliss-reactive ketones (excluding diaryl/α,β-unsaturated/α-hetero) is 1. The molecule has 0 heterocycles. The molecule has 3 aromatic carbocycles. The summed E-state index contributed by atoms with van der Waals surface area (Å²) in [5.41, 5.74) is 8.41. The quantitative estimate of drug-likeness (QED) is 0.315. The van der Waals surface area contributed by atoms with Crippen LogP contribution in [0.25, 0.3) is 11.1 Å². The molecule has 0 radical (unpaired) electrons. The summed E-state index contributed by atoms with van der Waals surface area (Å²) < 4.78 is 0. The largest absolute Gasteiger partial charge is 0.506 e. The Bertz CT molecular complexity index is 1320. The van der Waals surface area contributed by atoms with Gasteiger partial charge in [-0.05, 0) is 97.2 Å². The Morgan fingerprint density at radius 3 is 2.47 bits per heavy atom. The van der Waals surface area contributed by atoms with Crippen molar-refractivity contribution in [1.82, 2.24) is 0 Å². The number of nitrogens with zero attached hydrogens (tertiary/aromatic N) is 1. The highest BCUT2D eigenvalue weighted by molar-refractivity contribution is 6.32. The van der Waals surface area contributed by atoms with Crippen LogP contribution in [0, 0.1) is 0 Å². The number of unbranched alkanes of at least 4 members (excludes halogenated alkanes) is 2. The number of hydrogen-bond acceptors (Lipinski definition) is 3. The van der Waals surface area contributed by atoms with Crippen LogP contribution in [0.5, 0.6) is 5.75 Å². The summed E-state index contributed by atoms with van der Waals surface area (Å²) in [5.74, 6) is 0.156. The molecule has 0 unspecified atom stereocenters. The highest BCUT2D eigenvalue weighted by Gasteiger charge is 2.21. The molecule has 36 heavy (non-hydrogen) atoms. The maximum Gasteiger partial charge on any atom is 0.161 e. The second-order valence-corrected chi connectivity index (χ2v) is 9.90. The third kappa shape index (κ3) is 5.79. The molecule has 0 saturated carbocycles. The minimum Gasteiger partial charge on any atom is -0.506 e. The minimum atomic E-state index is 0.0177. The van der Waals surface area contributed by atoms with E-state index in [1.807, 2.05) is 31.2 Å². The zero-order valence-corrected chi connectivity index (χ0v) is 22.2. The highest BCUT2D eigenvalue weighted by Crippen LogP contribution is 2.35. The van der Waals surface area contributed by atoms with E-state index in [1.54, 1.807) is 13.0 Å². The molecule has 0 atom stereocenters. The number of carbonyl (C=O) groups is 1. The van der Waals surface area contributed by atoms with Gasteiger partial charge in [-0.25, -0.2) is 4.99 Å². The predicted octanol–water partition coefficient (Wildman–Crippen LogP) is 8.59. The molecule has 0 aromatic heterocycles. The Hall–Kier alpha value is -3.17. The predicted molar refractivity (Wildman–Crippen MR) is 151 cm³/mol. The molecule has 0 amide bonds. The average molecular weight is 500 g/mol. The number of allylic oxidation sites excluding steroid dienone is 2. The van der Waals surface area contributed by atoms with Gasteiger partial charge in [0, 0.05) is 11.1 Å². The number of hydrogen-bond donors (Lipinski definition) is 1. The number of aromatic hydroxyl groups is 1. The van der Waals surface area contributed by atoms with Gasteiger partial charge in [0.15, 0.2) is 5.78 Å². The lowest BCUT2D eigenvalue weighted by Gasteiger charge is -2.15. The Labute approximate surface area is 219 Å². The van der Waals surface area contributed by atoms with Gasteiger partial charge < -0.3 is 5.11 Å². The van der Waals surface area contributed by atoms with Gasteiger partial charge in [-0.3, -0.25) is 4.79 Å². The van der Waals surface area contributed by atoms with Crippen LogP contribution >= 0.6 is 11.6 Å². The van der Waals surface area contributed by atoms with Crippen molar-refractivity contribution in [3.8, 4) is 16.9 Å². The van der Waals surface area contributed by atoms with E-state index in [0.717, 1.165) is 52.9 Å². The zero-order chi connectivity index (χ0) is 25.7. The lowest BCUT2D eigenvalue weighted by Crippen LogP contribution is -2.12. The molecule has 0 spiro atoms. The van der Waals surface area contributed by atoms with Crippen molar-refractivity contribution in [1.29, 1.82) is 0 Å². The molecule has 4 rings (SSSR count). The molecule has 0 aliphatic heterocycles. The number of aliphatic imine (C=N–C) groups is 1. The van der Waals surface area contributed by atoms with Crippen molar-refractivity contribution < 1.29 is 9.90 Å². The van der Waals surface area contributed by atoms with E-state index in [0.29, 0.717) is 17.0 Å². The molecule has 3 nitrogen and oxygen atoms in total. The standard InChI is InChI=1S/C32H34ClNO2/c1-4-6-7-9-22-12-16-27(17-13-22)34-31-28(21(3)35)11-8-10-24-14-15-25(19-29(24)31)26-18-23(5-2)32(36)30(33)20-26/h11-20,36H,4-10H2,1-3H3. The van der Waals surface area contributed by atoms with E-state index in [2.05, 4.69) is 37.3 Å². The molecule has 0 bridgehead atoms. The van der Waals surface area contributed by atoms with Crippen LogP contribution in [0.2, 0.25) is 5.02 Å². The Morgan fingerprint density at radius 2 is 1.78 bits per heavy atom. The summed E-state index contributed by atoms with van der Waals surface area (Å²) >= 11 is 6.34. The maximum absolute atomic E-state index is 12.7. The zero-order valence-electron chi connectivity index (χ0n) is 21.4. The van der Waals surface area contributed by atoms with Gasteiger partial charge >= 0.3 is 0 Å². The number of ketones is 1. The first-order valence-electron chi connectivity index (χ1n) is 12.9. The van der Waals surface area contributed by atoms with E-state index in [4.69, 9.17) is 16.6 Å². The molecule has 1 N–H and O–H groups in total. The molecule has 1 aliphatic carbocycles. The van der Waals surface area contributed by atoms with Crippen molar-refractivity contribution in [2.24, 2.45) is 4.99 Å². The van der Waals surface area contributed by atoms with Crippen molar-refractivity contribution >= 4 is 28.8 Å². The van der Waals surface area contributed by atoms with Crippen LogP contribution in [-0.4, -0.2) is 16.6 Å². The maximum atomic E-state index is 12.7. The molecule has 0 saturated heterocycles. The lowest BCUT2D eigenvalue weighted by molar-refractivity contribution is -0.113. The smallest absolute Gasteiger partial charge is 0.161 e.